The molecule has 1 aromatic carbocycles. The highest BCUT2D eigenvalue weighted by Gasteiger charge is 2.75. The fourth-order valence-corrected chi connectivity index (χ4v) is 5.59. The second kappa shape index (κ2) is 5.67. The molecule has 1 aromatic rings. The minimum absolute atomic E-state index is 0.0909. The topological polar surface area (TPSA) is 84.6 Å². The molecule has 0 radical (unpaired) electrons. The van der Waals surface area contributed by atoms with Gasteiger partial charge in [-0.25, -0.2) is 10.0 Å². The van der Waals surface area contributed by atoms with Crippen LogP contribution in [0.2, 0.25) is 0 Å². The monoisotopic (exact) mass is 365 g/mol. The summed E-state index contributed by atoms with van der Waals surface area (Å²) in [6, 6.07) is 10.5. The first-order valence-corrected chi connectivity index (χ1v) is 9.27. The third-order valence-electron chi connectivity index (χ3n) is 7.15. The summed E-state index contributed by atoms with van der Waals surface area (Å²) in [5, 5.41) is 22.2. The van der Waals surface area contributed by atoms with Crippen molar-refractivity contribution in [1.82, 2.24) is 5.01 Å². The number of aliphatic hydroxyl groups excluding tert-OH is 1. The fourth-order valence-electron chi connectivity index (χ4n) is 5.59. The van der Waals surface area contributed by atoms with Crippen LogP contribution in [0.4, 0.5) is 5.69 Å². The number of carbonyl (C=O) groups is 2. The summed E-state index contributed by atoms with van der Waals surface area (Å²) in [4.78, 5) is 26.9. The van der Waals surface area contributed by atoms with Gasteiger partial charge in [-0.1, -0.05) is 38.6 Å². The normalized spacial score (nSPS) is 31.6. The van der Waals surface area contributed by atoms with E-state index in [2.05, 4.69) is 20.4 Å². The molecule has 1 spiro atoms. The minimum atomic E-state index is -1.65. The zero-order valence-electron chi connectivity index (χ0n) is 15.6. The molecule has 3 fully saturated rings. The van der Waals surface area contributed by atoms with E-state index in [1.54, 1.807) is 18.2 Å². The van der Waals surface area contributed by atoms with Crippen LogP contribution in [-0.4, -0.2) is 34.1 Å². The number of benzene rings is 1. The maximum atomic E-state index is 13.7. The van der Waals surface area contributed by atoms with Gasteiger partial charge >= 0.3 is 0 Å². The van der Waals surface area contributed by atoms with Gasteiger partial charge in [-0.2, -0.15) is 5.26 Å². The van der Waals surface area contributed by atoms with Crippen LogP contribution in [0.1, 0.15) is 33.1 Å². The van der Waals surface area contributed by atoms with Gasteiger partial charge in [0.25, 0.3) is 11.8 Å². The maximum Gasteiger partial charge on any atom is 0.275 e. The van der Waals surface area contributed by atoms with Crippen molar-refractivity contribution in [3.63, 3.8) is 0 Å². The van der Waals surface area contributed by atoms with Crippen molar-refractivity contribution in [1.29, 1.82) is 5.26 Å². The Labute approximate surface area is 158 Å². The Bertz CT molecular complexity index is 872. The van der Waals surface area contributed by atoms with Crippen molar-refractivity contribution in [3.05, 3.63) is 42.5 Å². The van der Waals surface area contributed by atoms with Crippen molar-refractivity contribution >= 4 is 17.5 Å². The van der Waals surface area contributed by atoms with Gasteiger partial charge in [-0.15, -0.1) is 0 Å². The number of nitriles is 1. The number of anilines is 1. The molecular formula is C21H23N3O3. The Morgan fingerprint density at radius 2 is 2.04 bits per heavy atom. The number of fused-ring (bicyclic) bond motifs is 1. The molecule has 0 aromatic heterocycles. The molecule has 27 heavy (non-hydrogen) atoms. The summed E-state index contributed by atoms with van der Waals surface area (Å²) in [6.07, 6.45) is 0.773. The molecule has 0 unspecified atom stereocenters. The lowest BCUT2D eigenvalue weighted by molar-refractivity contribution is -0.141. The molecule has 2 bridgehead atoms. The Morgan fingerprint density at radius 1 is 1.37 bits per heavy atom. The van der Waals surface area contributed by atoms with Crippen LogP contribution in [0.3, 0.4) is 0 Å². The smallest absolute Gasteiger partial charge is 0.275 e. The summed E-state index contributed by atoms with van der Waals surface area (Å²) in [7, 11) is 0. The van der Waals surface area contributed by atoms with Crippen LogP contribution in [0.5, 0.6) is 0 Å². The SMILES string of the molecule is C=C(C#N)[C@H](O)C(=O)N1[C@@H]2C[C@H]3CC[C@]2(C(=O)N1c1ccccc1)C3(C)C. The zero-order chi connectivity index (χ0) is 19.6. The van der Waals surface area contributed by atoms with Gasteiger partial charge in [0.05, 0.1) is 28.8 Å². The lowest BCUT2D eigenvalue weighted by atomic mass is 9.67. The number of amides is 2. The van der Waals surface area contributed by atoms with Crippen LogP contribution in [-0.2, 0) is 9.59 Å². The molecule has 4 atom stereocenters. The van der Waals surface area contributed by atoms with Crippen LogP contribution >= 0.6 is 0 Å². The van der Waals surface area contributed by atoms with Gasteiger partial charge in [-0.3, -0.25) is 9.59 Å². The van der Waals surface area contributed by atoms with Crippen molar-refractivity contribution < 1.29 is 14.7 Å². The highest BCUT2D eigenvalue weighted by Crippen LogP contribution is 2.70. The van der Waals surface area contributed by atoms with Gasteiger partial charge in [0, 0.05) is 0 Å². The van der Waals surface area contributed by atoms with E-state index in [9.17, 15) is 14.7 Å². The molecule has 2 aliphatic carbocycles. The van der Waals surface area contributed by atoms with E-state index in [-0.39, 0.29) is 22.9 Å². The molecule has 1 N–H and O–H groups in total. The van der Waals surface area contributed by atoms with Crippen LogP contribution < -0.4 is 5.01 Å². The first-order valence-electron chi connectivity index (χ1n) is 9.27. The minimum Gasteiger partial charge on any atom is -0.378 e. The molecule has 1 saturated heterocycles. The molecule has 4 rings (SSSR count). The third-order valence-corrected chi connectivity index (χ3v) is 7.15. The number of carbonyl (C=O) groups excluding carboxylic acids is 2. The first-order chi connectivity index (χ1) is 12.8. The average Bonchev–Trinajstić information content (AvgIpc) is 3.19. The zero-order valence-corrected chi connectivity index (χ0v) is 15.6. The number of nitrogens with zero attached hydrogens (tertiary/aromatic N) is 3. The number of hydrazine groups is 1. The second-order valence-electron chi connectivity index (χ2n) is 8.36. The quantitative estimate of drug-likeness (QED) is 0.834. The molecular weight excluding hydrogens is 342 g/mol. The van der Waals surface area contributed by atoms with Gasteiger partial charge in [0.1, 0.15) is 0 Å². The molecule has 140 valence electrons. The number of rotatable bonds is 3. The number of hydrogen-bond donors (Lipinski definition) is 1. The summed E-state index contributed by atoms with van der Waals surface area (Å²) < 4.78 is 0. The molecule has 6 heteroatoms. The number of hydrogen-bond acceptors (Lipinski definition) is 4. The third kappa shape index (κ3) is 2.03. The Balaban J connectivity index is 1.85. The molecule has 2 saturated carbocycles. The molecule has 1 aliphatic heterocycles. The summed E-state index contributed by atoms with van der Waals surface area (Å²) in [5.41, 5.74) is -0.511. The molecule has 2 amide bonds. The first kappa shape index (κ1) is 17.7. The van der Waals surface area contributed by atoms with E-state index in [1.807, 2.05) is 18.2 Å². The van der Waals surface area contributed by atoms with E-state index >= 15 is 0 Å². The molecule has 3 aliphatic rings. The lowest BCUT2D eigenvalue weighted by Gasteiger charge is -2.35. The lowest BCUT2D eigenvalue weighted by Crippen LogP contribution is -2.51. The summed E-state index contributed by atoms with van der Waals surface area (Å²) >= 11 is 0. The van der Waals surface area contributed by atoms with Crippen LogP contribution in [0.25, 0.3) is 0 Å². The van der Waals surface area contributed by atoms with Crippen molar-refractivity contribution in [2.24, 2.45) is 16.7 Å². The molecule has 6 nitrogen and oxygen atoms in total. The van der Waals surface area contributed by atoms with Crippen molar-refractivity contribution in [2.75, 3.05) is 5.01 Å². The number of aliphatic hydroxyl groups is 1. The van der Waals surface area contributed by atoms with Gasteiger partial charge in [0.15, 0.2) is 6.10 Å². The van der Waals surface area contributed by atoms with E-state index in [0.29, 0.717) is 11.6 Å². The van der Waals surface area contributed by atoms with Crippen LogP contribution in [0.15, 0.2) is 42.5 Å². The number of para-hydroxylation sites is 1. The Kier molecular flexibility index (Phi) is 3.73. The largest absolute Gasteiger partial charge is 0.378 e. The predicted molar refractivity (Wildman–Crippen MR) is 98.9 cm³/mol. The maximum absolute atomic E-state index is 13.7. The average molecular weight is 365 g/mol. The summed E-state index contributed by atoms with van der Waals surface area (Å²) in [5.74, 6) is -0.396. The summed E-state index contributed by atoms with van der Waals surface area (Å²) in [6.45, 7) is 7.71. The van der Waals surface area contributed by atoms with Crippen molar-refractivity contribution in [3.8, 4) is 6.07 Å². The van der Waals surface area contributed by atoms with Gasteiger partial charge in [0.2, 0.25) is 0 Å². The highest BCUT2D eigenvalue weighted by atomic mass is 16.3. The van der Waals surface area contributed by atoms with E-state index in [0.717, 1.165) is 19.3 Å². The van der Waals surface area contributed by atoms with Gasteiger partial charge in [-0.05, 0) is 42.7 Å². The predicted octanol–water partition coefficient (Wildman–Crippen LogP) is 2.41. The van der Waals surface area contributed by atoms with Crippen molar-refractivity contribution in [2.45, 2.75) is 45.3 Å². The highest BCUT2D eigenvalue weighted by molar-refractivity contribution is 6.06. The van der Waals surface area contributed by atoms with Gasteiger partial charge < -0.3 is 5.11 Å². The second-order valence-corrected chi connectivity index (χ2v) is 8.36. The fraction of sp³-hybridized carbons (Fsp3) is 0.476. The van der Waals surface area contributed by atoms with E-state index in [4.69, 9.17) is 5.26 Å². The van der Waals surface area contributed by atoms with E-state index < -0.39 is 17.4 Å². The standard InChI is InChI=1S/C21H23N3O3/c1-13(12-22)17(25)18(26)24-16-11-14-9-10-21(16,20(14,2)3)19(27)23(24)15-7-5-4-6-8-15/h4-8,14,16-17,25H,1,9-11H2,2-3H3/t14-,16-,17+,21+/m1/s1. The Hall–Kier alpha value is -2.65. The Morgan fingerprint density at radius 3 is 2.63 bits per heavy atom. The molecule has 1 heterocycles. The van der Waals surface area contributed by atoms with Crippen LogP contribution in [0, 0.1) is 28.1 Å². The van der Waals surface area contributed by atoms with E-state index in [1.165, 1.54) is 10.0 Å².